The molecule has 2 heteroatoms. The van der Waals surface area contributed by atoms with Crippen molar-refractivity contribution in [2.24, 2.45) is 0 Å². The van der Waals surface area contributed by atoms with Crippen LogP contribution in [0.15, 0.2) is 42.5 Å². The maximum atomic E-state index is 5.53. The second-order valence-corrected chi connectivity index (χ2v) is 4.43. The highest BCUT2D eigenvalue weighted by Crippen LogP contribution is 2.17. The lowest BCUT2D eigenvalue weighted by Gasteiger charge is -2.22. The molecule has 0 aliphatic heterocycles. The van der Waals surface area contributed by atoms with Gasteiger partial charge in [-0.1, -0.05) is 48.6 Å². The van der Waals surface area contributed by atoms with Crippen LogP contribution in [0.5, 0.6) is 0 Å². The fourth-order valence-corrected chi connectivity index (χ4v) is 2.40. The van der Waals surface area contributed by atoms with Crippen molar-refractivity contribution >= 4 is 28.0 Å². The van der Waals surface area contributed by atoms with Crippen LogP contribution in [0.1, 0.15) is 19.4 Å². The topological polar surface area (TPSA) is 3.24 Å². The molecule has 2 rings (SSSR count). The van der Waals surface area contributed by atoms with E-state index in [1.807, 2.05) is 0 Å². The maximum Gasteiger partial charge on any atom is 0.109 e. The summed E-state index contributed by atoms with van der Waals surface area (Å²) >= 11 is 5.53. The first-order chi connectivity index (χ1) is 8.26. The first kappa shape index (κ1) is 12.1. The lowest BCUT2D eigenvalue weighted by Crippen LogP contribution is -2.29. The zero-order chi connectivity index (χ0) is 12.3. The van der Waals surface area contributed by atoms with Gasteiger partial charge in [0.05, 0.1) is 0 Å². The van der Waals surface area contributed by atoms with E-state index in [0.717, 1.165) is 23.6 Å². The van der Waals surface area contributed by atoms with Gasteiger partial charge in [-0.2, -0.15) is 0 Å². The molecule has 0 atom stereocenters. The minimum atomic E-state index is 0.945. The Bertz CT molecular complexity index is 529. The second-order valence-electron chi connectivity index (χ2n) is 4.04. The molecule has 0 radical (unpaired) electrons. The normalized spacial score (nSPS) is 10.5. The van der Waals surface area contributed by atoms with Gasteiger partial charge in [-0.15, -0.1) is 0 Å². The first-order valence-electron chi connectivity index (χ1n) is 6.04. The number of thiocarbonyl (C=S) groups is 1. The molecule has 17 heavy (non-hydrogen) atoms. The van der Waals surface area contributed by atoms with Crippen LogP contribution in [0.4, 0.5) is 0 Å². The fourth-order valence-electron chi connectivity index (χ4n) is 2.02. The molecule has 0 bridgehead atoms. The molecular formula is C15H17NS. The van der Waals surface area contributed by atoms with Crippen molar-refractivity contribution in [3.05, 3.63) is 48.0 Å². The predicted octanol–water partition coefficient (Wildman–Crippen LogP) is 3.86. The highest BCUT2D eigenvalue weighted by atomic mass is 32.1. The lowest BCUT2D eigenvalue weighted by molar-refractivity contribution is 0.475. The van der Waals surface area contributed by atoms with E-state index in [1.165, 1.54) is 10.8 Å². The van der Waals surface area contributed by atoms with E-state index < -0.39 is 0 Å². The average Bonchev–Trinajstić information content (AvgIpc) is 2.39. The highest BCUT2D eigenvalue weighted by molar-refractivity contribution is 7.80. The summed E-state index contributed by atoms with van der Waals surface area (Å²) in [6.45, 7) is 6.19. The molecule has 2 aromatic carbocycles. The summed E-state index contributed by atoms with van der Waals surface area (Å²) in [7, 11) is 0. The zero-order valence-electron chi connectivity index (χ0n) is 10.3. The Morgan fingerprint density at radius 3 is 2.29 bits per heavy atom. The van der Waals surface area contributed by atoms with Gasteiger partial charge in [0, 0.05) is 18.7 Å². The smallest absolute Gasteiger partial charge is 0.109 e. The molecule has 0 aliphatic rings. The molecule has 0 aromatic heterocycles. The average molecular weight is 243 g/mol. The minimum absolute atomic E-state index is 0.945. The molecule has 0 saturated carbocycles. The molecule has 0 aliphatic carbocycles. The summed E-state index contributed by atoms with van der Waals surface area (Å²) in [5, 5.41) is 2.51. The second kappa shape index (κ2) is 5.28. The lowest BCUT2D eigenvalue weighted by atomic mass is 10.1. The molecule has 0 N–H and O–H groups in total. The minimum Gasteiger partial charge on any atom is -0.363 e. The van der Waals surface area contributed by atoms with Gasteiger partial charge in [-0.3, -0.25) is 0 Å². The Labute approximate surface area is 108 Å². The summed E-state index contributed by atoms with van der Waals surface area (Å²) in [6.07, 6.45) is 0. The number of fused-ring (bicyclic) bond motifs is 1. The van der Waals surface area contributed by atoms with E-state index in [0.29, 0.717) is 0 Å². The molecule has 88 valence electrons. The SMILES string of the molecule is CCN(CC)C(=S)c1ccc2ccccc2c1. The van der Waals surface area contributed by atoms with Gasteiger partial charge < -0.3 is 4.90 Å². The van der Waals surface area contributed by atoms with Crippen LogP contribution in [-0.4, -0.2) is 23.0 Å². The Balaban J connectivity index is 2.39. The molecular weight excluding hydrogens is 226 g/mol. The van der Waals surface area contributed by atoms with Crippen LogP contribution < -0.4 is 0 Å². The van der Waals surface area contributed by atoms with E-state index >= 15 is 0 Å². The van der Waals surface area contributed by atoms with Crippen molar-refractivity contribution in [2.75, 3.05) is 13.1 Å². The Morgan fingerprint density at radius 2 is 1.65 bits per heavy atom. The Kier molecular flexibility index (Phi) is 3.75. The molecule has 0 unspecified atom stereocenters. The number of hydrogen-bond acceptors (Lipinski definition) is 1. The molecule has 0 fully saturated rings. The third-order valence-electron chi connectivity index (χ3n) is 3.05. The summed E-state index contributed by atoms with van der Waals surface area (Å²) in [6, 6.07) is 14.8. The third kappa shape index (κ3) is 2.47. The van der Waals surface area contributed by atoms with Gasteiger partial charge in [0.1, 0.15) is 4.99 Å². The molecule has 1 nitrogen and oxygen atoms in total. The van der Waals surface area contributed by atoms with Crippen LogP contribution >= 0.6 is 12.2 Å². The monoisotopic (exact) mass is 243 g/mol. The summed E-state index contributed by atoms with van der Waals surface area (Å²) in [5.74, 6) is 0. The van der Waals surface area contributed by atoms with Crippen LogP contribution in [0.3, 0.4) is 0 Å². The van der Waals surface area contributed by atoms with Gasteiger partial charge in [0.15, 0.2) is 0 Å². The first-order valence-corrected chi connectivity index (χ1v) is 6.45. The summed E-state index contributed by atoms with van der Waals surface area (Å²) in [4.78, 5) is 3.15. The number of rotatable bonds is 3. The van der Waals surface area contributed by atoms with Gasteiger partial charge in [-0.05, 0) is 30.7 Å². The summed E-state index contributed by atoms with van der Waals surface area (Å²) in [5.41, 5.74) is 1.14. The zero-order valence-corrected chi connectivity index (χ0v) is 11.1. The predicted molar refractivity (Wildman–Crippen MR) is 78.6 cm³/mol. The molecule has 0 saturated heterocycles. The van der Waals surface area contributed by atoms with E-state index in [9.17, 15) is 0 Å². The molecule has 0 amide bonds. The fraction of sp³-hybridized carbons (Fsp3) is 0.267. The van der Waals surface area contributed by atoms with E-state index in [1.54, 1.807) is 0 Å². The number of nitrogens with zero attached hydrogens (tertiary/aromatic N) is 1. The van der Waals surface area contributed by atoms with Crippen LogP contribution in [-0.2, 0) is 0 Å². The molecule has 0 spiro atoms. The molecule has 2 aromatic rings. The molecule has 0 heterocycles. The van der Waals surface area contributed by atoms with Gasteiger partial charge in [-0.25, -0.2) is 0 Å². The van der Waals surface area contributed by atoms with Crippen molar-refractivity contribution in [1.29, 1.82) is 0 Å². The van der Waals surface area contributed by atoms with E-state index in [4.69, 9.17) is 12.2 Å². The number of benzene rings is 2. The highest BCUT2D eigenvalue weighted by Gasteiger charge is 2.08. The largest absolute Gasteiger partial charge is 0.363 e. The van der Waals surface area contributed by atoms with Crippen molar-refractivity contribution < 1.29 is 0 Å². The van der Waals surface area contributed by atoms with Crippen molar-refractivity contribution in [3.63, 3.8) is 0 Å². The Hall–Kier alpha value is -1.41. The van der Waals surface area contributed by atoms with Gasteiger partial charge >= 0.3 is 0 Å². The maximum absolute atomic E-state index is 5.53. The quantitative estimate of drug-likeness (QED) is 0.753. The van der Waals surface area contributed by atoms with Gasteiger partial charge in [0.25, 0.3) is 0 Å². The van der Waals surface area contributed by atoms with Crippen molar-refractivity contribution in [1.82, 2.24) is 4.90 Å². The standard InChI is InChI=1S/C15H17NS/c1-3-16(4-2)15(17)14-10-9-12-7-5-6-8-13(12)11-14/h5-11H,3-4H2,1-2H3. The van der Waals surface area contributed by atoms with Crippen LogP contribution in [0, 0.1) is 0 Å². The summed E-state index contributed by atoms with van der Waals surface area (Å²) < 4.78 is 0. The van der Waals surface area contributed by atoms with Crippen molar-refractivity contribution in [2.45, 2.75) is 13.8 Å². The number of hydrogen-bond donors (Lipinski definition) is 0. The van der Waals surface area contributed by atoms with Crippen LogP contribution in [0.25, 0.3) is 10.8 Å². The Morgan fingerprint density at radius 1 is 1.00 bits per heavy atom. The third-order valence-corrected chi connectivity index (χ3v) is 3.54. The van der Waals surface area contributed by atoms with Crippen LogP contribution in [0.2, 0.25) is 0 Å². The van der Waals surface area contributed by atoms with E-state index in [2.05, 4.69) is 61.2 Å². The van der Waals surface area contributed by atoms with E-state index in [-0.39, 0.29) is 0 Å². The van der Waals surface area contributed by atoms with Crippen molar-refractivity contribution in [3.8, 4) is 0 Å². The van der Waals surface area contributed by atoms with Gasteiger partial charge in [0.2, 0.25) is 0 Å².